The van der Waals surface area contributed by atoms with Crippen LogP contribution in [-0.2, 0) is 28.6 Å². The van der Waals surface area contributed by atoms with Gasteiger partial charge in [0.05, 0.1) is 0 Å². The molecule has 0 saturated carbocycles. The van der Waals surface area contributed by atoms with Gasteiger partial charge in [-0.1, -0.05) is 267 Å². The smallest absolute Gasteiger partial charge is 0.306 e. The molecule has 0 spiro atoms. The first kappa shape index (κ1) is 64.8. The molecule has 0 aliphatic rings. The van der Waals surface area contributed by atoms with E-state index in [9.17, 15) is 14.4 Å². The van der Waals surface area contributed by atoms with Gasteiger partial charge in [0.2, 0.25) is 0 Å². The Morgan fingerprint density at radius 2 is 0.574 bits per heavy atom. The molecule has 1 unspecified atom stereocenters. The number of ether oxygens (including phenoxy) is 3. The standard InChI is InChI=1S/C62H108O6/c1-4-7-10-13-16-19-21-23-25-27-29-31-33-34-36-38-40-43-46-49-52-55-61(64)67-58-59(57-66-60(63)54-51-48-45-42-18-15-12-9-6-3)68-62(65)56-53-50-47-44-41-39-37-35-32-30-28-26-24-22-20-17-14-11-8-5-2/h7,10,16,19,23,25,29,31,34,36,40,43,59H,4-6,8-9,11-15,17-18,20-22,24,26-28,30,32-33,35,37-39,41-42,44-58H2,1-3H3/b10-7-,19-16-,25-23-,31-29-,36-34-,43-40-. The van der Waals surface area contributed by atoms with Gasteiger partial charge < -0.3 is 14.2 Å². The summed E-state index contributed by atoms with van der Waals surface area (Å²) in [4.78, 5) is 38.0. The fourth-order valence-corrected chi connectivity index (χ4v) is 8.15. The van der Waals surface area contributed by atoms with Gasteiger partial charge >= 0.3 is 17.9 Å². The van der Waals surface area contributed by atoms with Gasteiger partial charge in [0.25, 0.3) is 0 Å². The Hall–Kier alpha value is -3.15. The van der Waals surface area contributed by atoms with Crippen molar-refractivity contribution < 1.29 is 28.6 Å². The highest BCUT2D eigenvalue weighted by Gasteiger charge is 2.19. The Bertz CT molecular complexity index is 1270. The Labute approximate surface area is 421 Å². The first-order valence-electron chi connectivity index (χ1n) is 28.9. The number of allylic oxidation sites excluding steroid dienone is 12. The van der Waals surface area contributed by atoms with Crippen LogP contribution in [0, 0.1) is 0 Å². The van der Waals surface area contributed by atoms with E-state index in [4.69, 9.17) is 14.2 Å². The van der Waals surface area contributed by atoms with Gasteiger partial charge in [0.1, 0.15) is 13.2 Å². The zero-order valence-electron chi connectivity index (χ0n) is 44.9. The van der Waals surface area contributed by atoms with Crippen LogP contribution in [0.25, 0.3) is 0 Å². The Morgan fingerprint density at radius 1 is 0.309 bits per heavy atom. The minimum atomic E-state index is -0.789. The molecule has 0 aliphatic heterocycles. The summed E-state index contributed by atoms with van der Waals surface area (Å²) in [6.45, 7) is 6.50. The van der Waals surface area contributed by atoms with E-state index in [1.165, 1.54) is 148 Å². The third-order valence-corrected chi connectivity index (χ3v) is 12.5. The predicted molar refractivity (Wildman–Crippen MR) is 293 cm³/mol. The Balaban J connectivity index is 4.33. The number of carbonyl (C=O) groups is 3. The van der Waals surface area contributed by atoms with Crippen LogP contribution in [0.15, 0.2) is 72.9 Å². The summed E-state index contributed by atoms with van der Waals surface area (Å²) in [5.74, 6) is -0.924. The van der Waals surface area contributed by atoms with Crippen molar-refractivity contribution >= 4 is 17.9 Å². The molecule has 0 heterocycles. The van der Waals surface area contributed by atoms with Crippen LogP contribution < -0.4 is 0 Å². The molecular weight excluding hydrogens is 841 g/mol. The molecule has 0 aromatic carbocycles. The predicted octanol–water partition coefficient (Wildman–Crippen LogP) is 19.4. The average Bonchev–Trinajstić information content (AvgIpc) is 3.34. The summed E-state index contributed by atoms with van der Waals surface area (Å²) in [5.41, 5.74) is 0. The quantitative estimate of drug-likeness (QED) is 0.0262. The maximum atomic E-state index is 12.8. The molecule has 6 heteroatoms. The molecule has 0 amide bonds. The molecule has 0 N–H and O–H groups in total. The van der Waals surface area contributed by atoms with E-state index in [1.54, 1.807) is 0 Å². The lowest BCUT2D eigenvalue weighted by atomic mass is 10.0. The monoisotopic (exact) mass is 949 g/mol. The van der Waals surface area contributed by atoms with Crippen LogP contribution in [-0.4, -0.2) is 37.2 Å². The lowest BCUT2D eigenvalue weighted by Crippen LogP contribution is -2.30. The number of esters is 3. The molecule has 1 atom stereocenters. The highest BCUT2D eigenvalue weighted by molar-refractivity contribution is 5.71. The van der Waals surface area contributed by atoms with Gasteiger partial charge in [-0.25, -0.2) is 0 Å². The molecule has 0 aromatic heterocycles. The molecule has 0 fully saturated rings. The second-order valence-corrected chi connectivity index (χ2v) is 19.2. The third-order valence-electron chi connectivity index (χ3n) is 12.5. The first-order valence-corrected chi connectivity index (χ1v) is 28.9. The summed E-state index contributed by atoms with van der Waals surface area (Å²) in [6.07, 6.45) is 71.9. The van der Waals surface area contributed by atoms with Gasteiger partial charge in [0.15, 0.2) is 6.10 Å². The SMILES string of the molecule is CC/C=C\C/C=C\C/C=C\C/C=C\C/C=C\C/C=C\CCCCC(=O)OCC(COC(=O)CCCCCCCCCCC)OC(=O)CCCCCCCCCCCCCCCCCCCCCC. The van der Waals surface area contributed by atoms with E-state index < -0.39 is 6.10 Å². The van der Waals surface area contributed by atoms with Crippen LogP contribution in [0.1, 0.15) is 284 Å². The topological polar surface area (TPSA) is 78.9 Å². The van der Waals surface area contributed by atoms with Gasteiger partial charge in [-0.05, 0) is 70.6 Å². The second kappa shape index (κ2) is 56.4. The van der Waals surface area contributed by atoms with Crippen molar-refractivity contribution in [2.24, 2.45) is 0 Å². The van der Waals surface area contributed by atoms with E-state index >= 15 is 0 Å². The minimum absolute atomic E-state index is 0.0861. The molecule has 6 nitrogen and oxygen atoms in total. The van der Waals surface area contributed by atoms with Crippen LogP contribution in [0.5, 0.6) is 0 Å². The zero-order valence-corrected chi connectivity index (χ0v) is 44.9. The molecule has 0 aromatic rings. The highest BCUT2D eigenvalue weighted by atomic mass is 16.6. The lowest BCUT2D eigenvalue weighted by Gasteiger charge is -2.18. The fraction of sp³-hybridized carbons (Fsp3) is 0.758. The summed E-state index contributed by atoms with van der Waals surface area (Å²) in [5, 5.41) is 0. The molecule has 0 radical (unpaired) electrons. The minimum Gasteiger partial charge on any atom is -0.462 e. The van der Waals surface area contributed by atoms with Crippen molar-refractivity contribution in [2.45, 2.75) is 290 Å². The molecule has 392 valence electrons. The number of hydrogen-bond acceptors (Lipinski definition) is 6. The van der Waals surface area contributed by atoms with E-state index in [0.29, 0.717) is 19.3 Å². The number of hydrogen-bond donors (Lipinski definition) is 0. The molecular formula is C62H108O6. The van der Waals surface area contributed by atoms with Gasteiger partial charge in [-0.3, -0.25) is 14.4 Å². The molecule has 0 bridgehead atoms. The van der Waals surface area contributed by atoms with Crippen molar-refractivity contribution in [1.29, 1.82) is 0 Å². The maximum absolute atomic E-state index is 12.8. The van der Waals surface area contributed by atoms with Crippen molar-refractivity contribution in [2.75, 3.05) is 13.2 Å². The zero-order chi connectivity index (χ0) is 49.3. The summed E-state index contributed by atoms with van der Waals surface area (Å²) in [7, 11) is 0. The van der Waals surface area contributed by atoms with Crippen LogP contribution in [0.3, 0.4) is 0 Å². The third kappa shape index (κ3) is 53.8. The van der Waals surface area contributed by atoms with Crippen molar-refractivity contribution in [1.82, 2.24) is 0 Å². The molecule has 0 aliphatic carbocycles. The molecule has 0 rings (SSSR count). The summed E-state index contributed by atoms with van der Waals surface area (Å²) < 4.78 is 16.8. The first-order chi connectivity index (χ1) is 33.5. The van der Waals surface area contributed by atoms with Crippen LogP contribution in [0.4, 0.5) is 0 Å². The van der Waals surface area contributed by atoms with E-state index in [2.05, 4.69) is 93.7 Å². The molecule has 68 heavy (non-hydrogen) atoms. The number of unbranched alkanes of at least 4 members (excludes halogenated alkanes) is 29. The van der Waals surface area contributed by atoms with Crippen LogP contribution >= 0.6 is 0 Å². The van der Waals surface area contributed by atoms with Crippen LogP contribution in [0.2, 0.25) is 0 Å². The van der Waals surface area contributed by atoms with Gasteiger partial charge in [-0.15, -0.1) is 0 Å². The van der Waals surface area contributed by atoms with E-state index in [0.717, 1.165) is 96.3 Å². The summed E-state index contributed by atoms with van der Waals surface area (Å²) >= 11 is 0. The van der Waals surface area contributed by atoms with Crippen molar-refractivity contribution in [3.05, 3.63) is 72.9 Å². The second-order valence-electron chi connectivity index (χ2n) is 19.2. The highest BCUT2D eigenvalue weighted by Crippen LogP contribution is 2.16. The normalized spacial score (nSPS) is 12.6. The number of carbonyl (C=O) groups excluding carboxylic acids is 3. The fourth-order valence-electron chi connectivity index (χ4n) is 8.15. The van der Waals surface area contributed by atoms with Crippen molar-refractivity contribution in [3.63, 3.8) is 0 Å². The lowest BCUT2D eigenvalue weighted by molar-refractivity contribution is -0.167. The van der Waals surface area contributed by atoms with Gasteiger partial charge in [0, 0.05) is 19.3 Å². The Morgan fingerprint density at radius 3 is 0.897 bits per heavy atom. The van der Waals surface area contributed by atoms with E-state index in [-0.39, 0.29) is 31.1 Å². The summed E-state index contributed by atoms with van der Waals surface area (Å²) in [6, 6.07) is 0. The molecule has 0 saturated heterocycles. The largest absolute Gasteiger partial charge is 0.462 e. The number of rotatable bonds is 52. The maximum Gasteiger partial charge on any atom is 0.306 e. The Kier molecular flexibility index (Phi) is 53.8. The average molecular weight is 950 g/mol. The van der Waals surface area contributed by atoms with E-state index in [1.807, 2.05) is 0 Å². The van der Waals surface area contributed by atoms with Gasteiger partial charge in [-0.2, -0.15) is 0 Å². The van der Waals surface area contributed by atoms with Crippen molar-refractivity contribution in [3.8, 4) is 0 Å².